The van der Waals surface area contributed by atoms with E-state index in [1.165, 1.54) is 6.07 Å². The predicted octanol–water partition coefficient (Wildman–Crippen LogP) is 2.07. The van der Waals surface area contributed by atoms with Crippen LogP contribution in [0.15, 0.2) is 27.7 Å². The Kier molecular flexibility index (Phi) is 3.99. The second-order valence-electron chi connectivity index (χ2n) is 4.16. The van der Waals surface area contributed by atoms with Gasteiger partial charge in [-0.25, -0.2) is 4.39 Å². The first-order valence-electron chi connectivity index (χ1n) is 5.64. The fourth-order valence-electron chi connectivity index (χ4n) is 1.68. The lowest BCUT2D eigenvalue weighted by atomic mass is 10.1. The first kappa shape index (κ1) is 12.4. The molecular formula is C12H15BrFN3. The molecule has 0 aromatic heterocycles. The lowest BCUT2D eigenvalue weighted by molar-refractivity contribution is 0.620. The zero-order valence-corrected chi connectivity index (χ0v) is 11.2. The molecule has 2 N–H and O–H groups in total. The van der Waals surface area contributed by atoms with E-state index in [2.05, 4.69) is 38.5 Å². The van der Waals surface area contributed by atoms with E-state index in [0.29, 0.717) is 10.5 Å². The number of hydrogen-bond acceptors (Lipinski definition) is 3. The van der Waals surface area contributed by atoms with Crippen LogP contribution < -0.4 is 10.6 Å². The van der Waals surface area contributed by atoms with Gasteiger partial charge in [-0.05, 0) is 47.0 Å². The van der Waals surface area contributed by atoms with Crippen molar-refractivity contribution in [3.05, 3.63) is 34.1 Å². The van der Waals surface area contributed by atoms with Crippen molar-refractivity contribution in [2.75, 3.05) is 13.1 Å². The Morgan fingerprint density at radius 2 is 2.41 bits per heavy atom. The van der Waals surface area contributed by atoms with Gasteiger partial charge in [-0.2, -0.15) is 0 Å². The maximum atomic E-state index is 13.0. The van der Waals surface area contributed by atoms with E-state index >= 15 is 0 Å². The van der Waals surface area contributed by atoms with Crippen LogP contribution in [0.25, 0.3) is 0 Å². The van der Waals surface area contributed by atoms with Crippen molar-refractivity contribution in [2.24, 2.45) is 4.99 Å². The Labute approximate surface area is 109 Å². The summed E-state index contributed by atoms with van der Waals surface area (Å²) in [4.78, 5) is 4.30. The van der Waals surface area contributed by atoms with Gasteiger partial charge in [0.15, 0.2) is 5.96 Å². The molecular weight excluding hydrogens is 285 g/mol. The van der Waals surface area contributed by atoms with Gasteiger partial charge in [-0.3, -0.25) is 4.99 Å². The molecule has 0 spiro atoms. The molecule has 0 saturated heterocycles. The molecule has 0 radical (unpaired) electrons. The largest absolute Gasteiger partial charge is 0.356 e. The molecule has 5 heteroatoms. The number of nitrogens with one attached hydrogen (secondary N) is 2. The molecule has 1 unspecified atom stereocenters. The van der Waals surface area contributed by atoms with Crippen molar-refractivity contribution < 1.29 is 4.39 Å². The molecule has 3 nitrogen and oxygen atoms in total. The monoisotopic (exact) mass is 299 g/mol. The third kappa shape index (κ3) is 3.43. The summed E-state index contributed by atoms with van der Waals surface area (Å²) in [6.45, 7) is 3.70. The lowest BCUT2D eigenvalue weighted by Gasteiger charge is -2.09. The first-order chi connectivity index (χ1) is 8.15. The van der Waals surface area contributed by atoms with E-state index in [4.69, 9.17) is 0 Å². The minimum absolute atomic E-state index is 0.225. The fraction of sp³-hybridized carbons (Fsp3) is 0.417. The molecule has 17 heavy (non-hydrogen) atoms. The maximum Gasteiger partial charge on any atom is 0.191 e. The Morgan fingerprint density at radius 3 is 3.06 bits per heavy atom. The summed E-state index contributed by atoms with van der Waals surface area (Å²) in [5.74, 6) is 0.635. The van der Waals surface area contributed by atoms with E-state index in [0.717, 1.165) is 31.0 Å². The van der Waals surface area contributed by atoms with Gasteiger partial charge in [0.2, 0.25) is 0 Å². The highest BCUT2D eigenvalue weighted by molar-refractivity contribution is 9.10. The lowest BCUT2D eigenvalue weighted by Crippen LogP contribution is -2.38. The van der Waals surface area contributed by atoms with Crippen molar-refractivity contribution in [1.82, 2.24) is 10.6 Å². The van der Waals surface area contributed by atoms with Gasteiger partial charge in [0.25, 0.3) is 0 Å². The summed E-state index contributed by atoms with van der Waals surface area (Å²) >= 11 is 3.18. The van der Waals surface area contributed by atoms with Crippen LogP contribution in [0.2, 0.25) is 0 Å². The van der Waals surface area contributed by atoms with Crippen molar-refractivity contribution in [3.63, 3.8) is 0 Å². The summed E-state index contributed by atoms with van der Waals surface area (Å²) in [6, 6.07) is 5.50. The van der Waals surface area contributed by atoms with Crippen LogP contribution in [0.4, 0.5) is 4.39 Å². The van der Waals surface area contributed by atoms with Gasteiger partial charge in [-0.1, -0.05) is 6.07 Å². The Hall–Kier alpha value is -1.10. The van der Waals surface area contributed by atoms with E-state index in [1.54, 1.807) is 6.07 Å². The van der Waals surface area contributed by atoms with Gasteiger partial charge >= 0.3 is 0 Å². The average Bonchev–Trinajstić information content (AvgIpc) is 2.70. The third-order valence-corrected chi connectivity index (χ3v) is 3.20. The molecule has 1 aliphatic rings. The minimum atomic E-state index is -0.225. The Balaban J connectivity index is 1.80. The van der Waals surface area contributed by atoms with Crippen molar-refractivity contribution in [3.8, 4) is 0 Å². The van der Waals surface area contributed by atoms with Gasteiger partial charge in [0.05, 0.1) is 11.0 Å². The molecule has 92 valence electrons. The van der Waals surface area contributed by atoms with Crippen molar-refractivity contribution >= 4 is 21.9 Å². The second kappa shape index (κ2) is 5.49. The highest BCUT2D eigenvalue weighted by Gasteiger charge is 2.11. The van der Waals surface area contributed by atoms with Crippen molar-refractivity contribution in [1.29, 1.82) is 0 Å². The number of nitrogens with zero attached hydrogens (tertiary/aromatic N) is 1. The van der Waals surface area contributed by atoms with Crippen LogP contribution in [0.5, 0.6) is 0 Å². The van der Waals surface area contributed by atoms with Crippen molar-refractivity contribution in [2.45, 2.75) is 19.4 Å². The highest BCUT2D eigenvalue weighted by atomic mass is 79.9. The number of rotatable bonds is 3. The minimum Gasteiger partial charge on any atom is -0.356 e. The van der Waals surface area contributed by atoms with E-state index in [-0.39, 0.29) is 5.82 Å². The second-order valence-corrected chi connectivity index (χ2v) is 5.01. The molecule has 2 rings (SSSR count). The Morgan fingerprint density at radius 1 is 1.59 bits per heavy atom. The molecule has 0 fully saturated rings. The van der Waals surface area contributed by atoms with Crippen LogP contribution in [0, 0.1) is 5.82 Å². The highest BCUT2D eigenvalue weighted by Crippen LogP contribution is 2.16. The molecule has 1 aromatic rings. The molecule has 0 saturated carbocycles. The average molecular weight is 300 g/mol. The number of benzene rings is 1. The number of guanidine groups is 1. The smallest absolute Gasteiger partial charge is 0.191 e. The van der Waals surface area contributed by atoms with Gasteiger partial charge in [0, 0.05) is 12.6 Å². The molecule has 0 aliphatic carbocycles. The predicted molar refractivity (Wildman–Crippen MR) is 70.7 cm³/mol. The van der Waals surface area contributed by atoms with Crippen LogP contribution >= 0.6 is 15.9 Å². The molecule has 0 amide bonds. The van der Waals surface area contributed by atoms with Gasteiger partial charge in [0.1, 0.15) is 5.82 Å². The molecule has 1 atom stereocenters. The zero-order chi connectivity index (χ0) is 12.3. The molecule has 1 heterocycles. The van der Waals surface area contributed by atoms with Gasteiger partial charge < -0.3 is 10.6 Å². The van der Waals surface area contributed by atoms with E-state index < -0.39 is 0 Å². The summed E-state index contributed by atoms with van der Waals surface area (Å²) in [7, 11) is 0. The number of halogens is 2. The first-order valence-corrected chi connectivity index (χ1v) is 6.43. The summed E-state index contributed by atoms with van der Waals surface area (Å²) in [5.41, 5.74) is 1.09. The topological polar surface area (TPSA) is 36.4 Å². The number of hydrogen-bond donors (Lipinski definition) is 2. The summed E-state index contributed by atoms with van der Waals surface area (Å²) < 4.78 is 13.5. The quantitative estimate of drug-likeness (QED) is 0.896. The summed E-state index contributed by atoms with van der Waals surface area (Å²) in [5, 5.41) is 6.45. The van der Waals surface area contributed by atoms with Crippen LogP contribution in [-0.2, 0) is 6.42 Å². The normalized spacial score (nSPS) is 18.8. The van der Waals surface area contributed by atoms with Gasteiger partial charge in [-0.15, -0.1) is 0 Å². The van der Waals surface area contributed by atoms with Crippen LogP contribution in [0.3, 0.4) is 0 Å². The maximum absolute atomic E-state index is 13.0. The SMILES string of the molecule is CC1CN=C(NCCc2ccc(F)c(Br)c2)N1. The standard InChI is InChI=1S/C12H15BrFN3/c1-8-7-16-12(17-8)15-5-4-9-2-3-11(14)10(13)6-9/h2-3,6,8H,4-5,7H2,1H3,(H2,15,16,17). The molecule has 1 aromatic carbocycles. The summed E-state index contributed by atoms with van der Waals surface area (Å²) in [6.07, 6.45) is 0.841. The van der Waals surface area contributed by atoms with Crippen LogP contribution in [-0.4, -0.2) is 25.1 Å². The van der Waals surface area contributed by atoms with E-state index in [1.807, 2.05) is 6.07 Å². The Bertz CT molecular complexity index is 434. The third-order valence-electron chi connectivity index (χ3n) is 2.60. The fourth-order valence-corrected chi connectivity index (χ4v) is 2.11. The number of aliphatic imine (C=N–C) groups is 1. The van der Waals surface area contributed by atoms with E-state index in [9.17, 15) is 4.39 Å². The molecule has 1 aliphatic heterocycles. The zero-order valence-electron chi connectivity index (χ0n) is 9.63. The molecule has 0 bridgehead atoms. The van der Waals surface area contributed by atoms with Crippen LogP contribution in [0.1, 0.15) is 12.5 Å².